The van der Waals surface area contributed by atoms with E-state index in [1.807, 2.05) is 30.3 Å². The Balaban J connectivity index is 1.60. The van der Waals surface area contributed by atoms with Gasteiger partial charge in [0.25, 0.3) is 0 Å². The lowest BCUT2D eigenvalue weighted by Crippen LogP contribution is -2.41. The van der Waals surface area contributed by atoms with Gasteiger partial charge in [0, 0.05) is 64.2 Å². The molecule has 1 aliphatic rings. The van der Waals surface area contributed by atoms with Crippen molar-refractivity contribution >= 4 is 28.4 Å². The lowest BCUT2D eigenvalue weighted by atomic mass is 10.0. The molecular weight excluding hydrogens is 344 g/mol. The molecule has 2 unspecified atom stereocenters. The first-order chi connectivity index (χ1) is 12.5. The fraction of sp³-hybridized carbons (Fsp3) is 0.350. The van der Waals surface area contributed by atoms with Crippen LogP contribution in [0.4, 0.5) is 11.4 Å². The average molecular weight is 371 g/mol. The van der Waals surface area contributed by atoms with E-state index >= 15 is 0 Å². The number of benzene rings is 2. The quantitative estimate of drug-likeness (QED) is 0.539. The summed E-state index contributed by atoms with van der Waals surface area (Å²) in [5.41, 5.74) is 9.50. The third kappa shape index (κ3) is 4.71. The lowest BCUT2D eigenvalue weighted by molar-refractivity contribution is 0.208. The van der Waals surface area contributed by atoms with Gasteiger partial charge in [-0.2, -0.15) is 0 Å². The SMILES string of the molecule is CS(=O)c1ccc(CN2CCCC(Nc3ccc(N)c(C=N)c3)C2)cc1. The Hall–Kier alpha value is -2.18. The summed E-state index contributed by atoms with van der Waals surface area (Å²) < 4.78 is 11.5. The number of likely N-dealkylation sites (tertiary alicyclic amines) is 1. The molecule has 0 amide bonds. The fourth-order valence-corrected chi connectivity index (χ4v) is 3.91. The number of nitrogens with one attached hydrogen (secondary N) is 2. The second kappa shape index (κ2) is 8.47. The molecule has 26 heavy (non-hydrogen) atoms. The number of anilines is 2. The lowest BCUT2D eigenvalue weighted by Gasteiger charge is -2.33. The smallest absolute Gasteiger partial charge is 0.0498 e. The monoisotopic (exact) mass is 370 g/mol. The summed E-state index contributed by atoms with van der Waals surface area (Å²) in [5.74, 6) is 0. The van der Waals surface area contributed by atoms with Gasteiger partial charge in [-0.3, -0.25) is 9.11 Å². The van der Waals surface area contributed by atoms with Crippen molar-refractivity contribution in [2.45, 2.75) is 30.3 Å². The van der Waals surface area contributed by atoms with Crippen molar-refractivity contribution < 1.29 is 4.21 Å². The molecule has 1 heterocycles. The van der Waals surface area contributed by atoms with E-state index in [9.17, 15) is 4.21 Å². The zero-order valence-corrected chi connectivity index (χ0v) is 15.9. The van der Waals surface area contributed by atoms with Crippen LogP contribution in [0.3, 0.4) is 0 Å². The van der Waals surface area contributed by atoms with Crippen molar-refractivity contribution in [2.75, 3.05) is 30.4 Å². The number of rotatable bonds is 6. The fourth-order valence-electron chi connectivity index (χ4n) is 3.39. The van der Waals surface area contributed by atoms with Crippen LogP contribution in [-0.2, 0) is 17.3 Å². The second-order valence-electron chi connectivity index (χ2n) is 6.80. The summed E-state index contributed by atoms with van der Waals surface area (Å²) in [6, 6.07) is 14.2. The molecule has 3 rings (SSSR count). The molecule has 5 nitrogen and oxygen atoms in total. The minimum atomic E-state index is -0.925. The molecule has 2 atom stereocenters. The predicted octanol–water partition coefficient (Wildman–Crippen LogP) is 3.08. The number of nitrogens with two attached hydrogens (primary N) is 1. The molecular formula is C20H26N4OS. The number of piperidine rings is 1. The van der Waals surface area contributed by atoms with Crippen LogP contribution in [0.15, 0.2) is 47.4 Å². The van der Waals surface area contributed by atoms with E-state index in [2.05, 4.69) is 22.3 Å². The maximum Gasteiger partial charge on any atom is 0.0498 e. The molecule has 0 aliphatic carbocycles. The number of hydrogen-bond acceptors (Lipinski definition) is 5. The Morgan fingerprint density at radius 2 is 2.08 bits per heavy atom. The highest BCUT2D eigenvalue weighted by atomic mass is 32.2. The van der Waals surface area contributed by atoms with Crippen LogP contribution in [0.5, 0.6) is 0 Å². The Bertz CT molecular complexity index is 791. The molecule has 6 heteroatoms. The highest BCUT2D eigenvalue weighted by Crippen LogP contribution is 2.21. The van der Waals surface area contributed by atoms with Gasteiger partial charge in [-0.25, -0.2) is 0 Å². The molecule has 1 fully saturated rings. The standard InChI is InChI=1S/C20H26N4OS/c1-26(25)19-7-4-15(5-8-19)13-24-10-2-3-18(14-24)23-17-6-9-20(22)16(11-17)12-21/h4-9,11-12,18,21,23H,2-3,10,13-14,22H2,1H3. The Kier molecular flexibility index (Phi) is 6.06. The van der Waals surface area contributed by atoms with Crippen molar-refractivity contribution in [1.29, 1.82) is 5.41 Å². The summed E-state index contributed by atoms with van der Waals surface area (Å²) >= 11 is 0. The van der Waals surface area contributed by atoms with E-state index in [1.54, 1.807) is 6.26 Å². The van der Waals surface area contributed by atoms with Crippen molar-refractivity contribution in [3.63, 3.8) is 0 Å². The molecule has 1 aliphatic heterocycles. The van der Waals surface area contributed by atoms with E-state index in [4.69, 9.17) is 11.1 Å². The van der Waals surface area contributed by atoms with E-state index in [0.717, 1.165) is 48.6 Å². The van der Waals surface area contributed by atoms with Gasteiger partial charge in [0.2, 0.25) is 0 Å². The van der Waals surface area contributed by atoms with Crippen molar-refractivity contribution in [3.8, 4) is 0 Å². The zero-order chi connectivity index (χ0) is 18.5. The summed E-state index contributed by atoms with van der Waals surface area (Å²) in [6.07, 6.45) is 5.29. The Morgan fingerprint density at radius 3 is 2.77 bits per heavy atom. The molecule has 2 aromatic rings. The summed E-state index contributed by atoms with van der Waals surface area (Å²) in [6.45, 7) is 2.97. The number of nitrogen functional groups attached to an aromatic ring is 1. The third-order valence-electron chi connectivity index (χ3n) is 4.78. The van der Waals surface area contributed by atoms with Crippen LogP contribution in [0.1, 0.15) is 24.0 Å². The van der Waals surface area contributed by atoms with Crippen LogP contribution < -0.4 is 11.1 Å². The van der Waals surface area contributed by atoms with Crippen molar-refractivity contribution in [2.24, 2.45) is 0 Å². The largest absolute Gasteiger partial charge is 0.398 e. The average Bonchev–Trinajstić information content (AvgIpc) is 2.64. The maximum atomic E-state index is 11.5. The summed E-state index contributed by atoms with van der Waals surface area (Å²) in [7, 11) is -0.925. The van der Waals surface area contributed by atoms with E-state index in [0.29, 0.717) is 11.7 Å². The molecule has 0 bridgehead atoms. The van der Waals surface area contributed by atoms with Gasteiger partial charge in [0.1, 0.15) is 0 Å². The van der Waals surface area contributed by atoms with Gasteiger partial charge in [-0.1, -0.05) is 12.1 Å². The molecule has 2 aromatic carbocycles. The third-order valence-corrected chi connectivity index (χ3v) is 5.72. The molecule has 0 saturated carbocycles. The highest BCUT2D eigenvalue weighted by Gasteiger charge is 2.20. The first kappa shape index (κ1) is 18.6. The van der Waals surface area contributed by atoms with Crippen LogP contribution in [0.25, 0.3) is 0 Å². The first-order valence-corrected chi connectivity index (χ1v) is 10.4. The van der Waals surface area contributed by atoms with E-state index in [-0.39, 0.29) is 0 Å². The summed E-state index contributed by atoms with van der Waals surface area (Å²) in [4.78, 5) is 3.32. The zero-order valence-electron chi connectivity index (χ0n) is 15.1. The molecule has 0 spiro atoms. The van der Waals surface area contributed by atoms with Crippen LogP contribution >= 0.6 is 0 Å². The van der Waals surface area contributed by atoms with Gasteiger partial charge in [-0.05, 0) is 55.3 Å². The molecule has 0 radical (unpaired) electrons. The maximum absolute atomic E-state index is 11.5. The van der Waals surface area contributed by atoms with Crippen molar-refractivity contribution in [1.82, 2.24) is 4.90 Å². The highest BCUT2D eigenvalue weighted by molar-refractivity contribution is 7.84. The minimum Gasteiger partial charge on any atom is -0.398 e. The van der Waals surface area contributed by atoms with Crippen molar-refractivity contribution in [3.05, 3.63) is 53.6 Å². The van der Waals surface area contributed by atoms with Crippen LogP contribution in [0.2, 0.25) is 0 Å². The van der Waals surface area contributed by atoms with Gasteiger partial charge in [-0.15, -0.1) is 0 Å². The molecule has 4 N–H and O–H groups in total. The topological polar surface area (TPSA) is 82.2 Å². The van der Waals surface area contributed by atoms with Crippen LogP contribution in [-0.4, -0.2) is 40.7 Å². The molecule has 0 aromatic heterocycles. The van der Waals surface area contributed by atoms with E-state index < -0.39 is 10.8 Å². The van der Waals surface area contributed by atoms with Crippen LogP contribution in [0, 0.1) is 5.41 Å². The Morgan fingerprint density at radius 1 is 1.31 bits per heavy atom. The second-order valence-corrected chi connectivity index (χ2v) is 8.18. The number of hydrogen-bond donors (Lipinski definition) is 3. The predicted molar refractivity (Wildman–Crippen MR) is 109 cm³/mol. The molecule has 1 saturated heterocycles. The normalized spacial score (nSPS) is 19.0. The minimum absolute atomic E-state index is 0.383. The van der Waals surface area contributed by atoms with Gasteiger partial charge in [0.15, 0.2) is 0 Å². The van der Waals surface area contributed by atoms with E-state index in [1.165, 1.54) is 11.8 Å². The Labute approximate surface area is 157 Å². The summed E-state index contributed by atoms with van der Waals surface area (Å²) in [5, 5.41) is 11.0. The van der Waals surface area contributed by atoms with Gasteiger partial charge < -0.3 is 16.5 Å². The van der Waals surface area contributed by atoms with Gasteiger partial charge in [0.05, 0.1) is 0 Å². The molecule has 138 valence electrons. The first-order valence-electron chi connectivity index (χ1n) is 8.86. The number of nitrogens with zero attached hydrogens (tertiary/aromatic N) is 1. The van der Waals surface area contributed by atoms with Gasteiger partial charge >= 0.3 is 0 Å².